The van der Waals surface area contributed by atoms with Crippen molar-refractivity contribution in [3.63, 3.8) is 0 Å². The van der Waals surface area contributed by atoms with Gasteiger partial charge in [0.05, 0.1) is 26.0 Å². The molecule has 0 aliphatic carbocycles. The maximum atomic E-state index is 6.60. The summed E-state index contributed by atoms with van der Waals surface area (Å²) in [5.74, 6) is 0.678. The third-order valence-corrected chi connectivity index (χ3v) is 13.5. The molecule has 0 atom stereocenters. The Hall–Kier alpha value is -7.81. The fourth-order valence-corrected chi connectivity index (χ4v) is 10.4. The zero-order valence-electron chi connectivity index (χ0n) is 34.2. The van der Waals surface area contributed by atoms with Crippen molar-refractivity contribution in [1.82, 2.24) is 14.5 Å². The van der Waals surface area contributed by atoms with Crippen LogP contribution in [0.2, 0.25) is 0 Å². The van der Waals surface area contributed by atoms with Crippen molar-refractivity contribution in [1.29, 1.82) is 0 Å². The number of aromatic nitrogens is 3. The summed E-state index contributed by atoms with van der Waals surface area (Å²) in [6, 6.07) is 72.4. The molecule has 0 amide bonds. The van der Waals surface area contributed by atoms with Gasteiger partial charge in [-0.05, 0) is 112 Å². The molecular formula is C58H34IN3O2. The van der Waals surface area contributed by atoms with E-state index >= 15 is 0 Å². The summed E-state index contributed by atoms with van der Waals surface area (Å²) in [7, 11) is 0. The van der Waals surface area contributed by atoms with E-state index in [9.17, 15) is 0 Å². The van der Waals surface area contributed by atoms with Crippen LogP contribution in [0.4, 0.5) is 0 Å². The minimum absolute atomic E-state index is 0.678. The van der Waals surface area contributed by atoms with Crippen LogP contribution in [0.1, 0.15) is 0 Å². The Morgan fingerprint density at radius 3 is 1.61 bits per heavy atom. The van der Waals surface area contributed by atoms with Gasteiger partial charge in [-0.2, -0.15) is 0 Å². The standard InChI is InChI=1S/C58H34IN3O2/c59-55-56(35-14-4-1-5-15-35)60-58(36-16-6-2-7-17-36)61-57(55)43-22-13-25-52-54(43)46-34-39(28-31-50(46)64-52)41-21-12-24-51-53(41)45-33-38(27-30-49(45)63-51)37-26-29-48-44(32-37)42-20-10-11-23-47(42)62(48)40-18-8-3-9-19-40/h1-34H. The lowest BCUT2D eigenvalue weighted by atomic mass is 9.95. The number of hydrogen-bond acceptors (Lipinski definition) is 4. The molecule has 13 aromatic rings. The number of furan rings is 2. The zero-order valence-corrected chi connectivity index (χ0v) is 36.3. The summed E-state index contributed by atoms with van der Waals surface area (Å²) in [6.07, 6.45) is 0. The summed E-state index contributed by atoms with van der Waals surface area (Å²) in [5.41, 5.74) is 16.1. The maximum absolute atomic E-state index is 6.60. The molecule has 6 heteroatoms. The third-order valence-electron chi connectivity index (χ3n) is 12.5. The van der Waals surface area contributed by atoms with Crippen LogP contribution in [0.3, 0.4) is 0 Å². The molecule has 13 rings (SSSR count). The molecule has 4 heterocycles. The number of rotatable bonds is 6. The molecule has 0 N–H and O–H groups in total. The van der Waals surface area contributed by atoms with Crippen molar-refractivity contribution in [2.75, 3.05) is 0 Å². The van der Waals surface area contributed by atoms with Crippen LogP contribution in [0.15, 0.2) is 215 Å². The molecule has 0 saturated carbocycles. The Kier molecular flexibility index (Phi) is 8.42. The van der Waals surface area contributed by atoms with E-state index in [1.165, 1.54) is 21.8 Å². The van der Waals surface area contributed by atoms with Gasteiger partial charge in [0.15, 0.2) is 5.82 Å². The van der Waals surface area contributed by atoms with Crippen molar-refractivity contribution in [3.05, 3.63) is 210 Å². The number of nitrogens with zero attached hydrogens (tertiary/aromatic N) is 3. The Labute approximate surface area is 381 Å². The van der Waals surface area contributed by atoms with Crippen molar-refractivity contribution in [2.45, 2.75) is 0 Å². The Balaban J connectivity index is 0.973. The first-order chi connectivity index (χ1) is 31.6. The largest absolute Gasteiger partial charge is 0.456 e. The lowest BCUT2D eigenvalue weighted by molar-refractivity contribution is 0.669. The average Bonchev–Trinajstić information content (AvgIpc) is 4.04. The first-order valence-corrected chi connectivity index (χ1v) is 22.4. The van der Waals surface area contributed by atoms with E-state index in [-0.39, 0.29) is 0 Å². The molecule has 300 valence electrons. The van der Waals surface area contributed by atoms with Gasteiger partial charge in [0.2, 0.25) is 0 Å². The van der Waals surface area contributed by atoms with E-state index in [4.69, 9.17) is 18.8 Å². The molecule has 4 aromatic heterocycles. The molecule has 0 aliphatic rings. The number of fused-ring (bicyclic) bond motifs is 9. The van der Waals surface area contributed by atoms with Gasteiger partial charge in [0.1, 0.15) is 22.3 Å². The van der Waals surface area contributed by atoms with Crippen LogP contribution in [0.5, 0.6) is 0 Å². The first kappa shape index (κ1) is 36.8. The summed E-state index contributed by atoms with van der Waals surface area (Å²) < 4.78 is 16.5. The molecule has 5 nitrogen and oxygen atoms in total. The Morgan fingerprint density at radius 2 is 0.891 bits per heavy atom. The van der Waals surface area contributed by atoms with Gasteiger partial charge in [-0.15, -0.1) is 0 Å². The highest BCUT2D eigenvalue weighted by molar-refractivity contribution is 14.1. The second-order valence-electron chi connectivity index (χ2n) is 16.2. The fraction of sp³-hybridized carbons (Fsp3) is 0. The third kappa shape index (κ3) is 5.83. The van der Waals surface area contributed by atoms with Gasteiger partial charge in [-0.3, -0.25) is 0 Å². The second-order valence-corrected chi connectivity index (χ2v) is 17.3. The van der Waals surface area contributed by atoms with Crippen molar-refractivity contribution < 1.29 is 8.83 Å². The summed E-state index contributed by atoms with van der Waals surface area (Å²) in [4.78, 5) is 10.4. The van der Waals surface area contributed by atoms with Gasteiger partial charge in [-0.25, -0.2) is 9.97 Å². The predicted octanol–water partition coefficient (Wildman–Crippen LogP) is 16.3. The Morgan fingerprint density at radius 1 is 0.359 bits per heavy atom. The molecule has 0 fully saturated rings. The number of para-hydroxylation sites is 2. The van der Waals surface area contributed by atoms with E-state index in [0.29, 0.717) is 5.82 Å². The molecular weight excluding hydrogens is 898 g/mol. The first-order valence-electron chi connectivity index (χ1n) is 21.3. The van der Waals surface area contributed by atoms with Gasteiger partial charge < -0.3 is 13.4 Å². The fourth-order valence-electron chi connectivity index (χ4n) is 9.58. The molecule has 9 aromatic carbocycles. The van der Waals surface area contributed by atoms with E-state index in [2.05, 4.69) is 203 Å². The minimum Gasteiger partial charge on any atom is -0.456 e. The Bertz CT molecular complexity index is 3960. The molecule has 64 heavy (non-hydrogen) atoms. The smallest absolute Gasteiger partial charge is 0.160 e. The molecule has 0 saturated heterocycles. The topological polar surface area (TPSA) is 57.0 Å². The highest BCUT2D eigenvalue weighted by Crippen LogP contribution is 2.44. The SMILES string of the molecule is Ic1c(-c2ccccc2)nc(-c2ccccc2)nc1-c1cccc2oc3ccc(-c4cccc5oc6ccc(-c7ccc8c(c7)c7ccccc7n8-c7ccccc7)cc6c45)cc3c12. The molecule has 0 aliphatic heterocycles. The van der Waals surface area contributed by atoms with Crippen LogP contribution in [-0.4, -0.2) is 14.5 Å². The molecule has 0 unspecified atom stereocenters. The number of benzene rings is 9. The lowest BCUT2D eigenvalue weighted by Crippen LogP contribution is -2.00. The average molecular weight is 932 g/mol. The van der Waals surface area contributed by atoms with Crippen LogP contribution >= 0.6 is 22.6 Å². The maximum Gasteiger partial charge on any atom is 0.160 e. The molecule has 0 radical (unpaired) electrons. The molecule has 0 bridgehead atoms. The van der Waals surface area contributed by atoms with E-state index < -0.39 is 0 Å². The second kappa shape index (κ2) is 14.6. The van der Waals surface area contributed by atoms with E-state index in [0.717, 1.165) is 103 Å². The van der Waals surface area contributed by atoms with Crippen molar-refractivity contribution in [3.8, 4) is 61.8 Å². The van der Waals surface area contributed by atoms with Crippen LogP contribution in [0, 0.1) is 3.57 Å². The summed E-state index contributed by atoms with van der Waals surface area (Å²) in [6.45, 7) is 0. The predicted molar refractivity (Wildman–Crippen MR) is 271 cm³/mol. The summed E-state index contributed by atoms with van der Waals surface area (Å²) >= 11 is 2.42. The van der Waals surface area contributed by atoms with E-state index in [1.807, 2.05) is 30.3 Å². The van der Waals surface area contributed by atoms with E-state index in [1.54, 1.807) is 0 Å². The van der Waals surface area contributed by atoms with Crippen molar-refractivity contribution >= 4 is 88.3 Å². The van der Waals surface area contributed by atoms with Gasteiger partial charge >= 0.3 is 0 Å². The van der Waals surface area contributed by atoms with Gasteiger partial charge in [-0.1, -0.05) is 140 Å². The van der Waals surface area contributed by atoms with Crippen molar-refractivity contribution in [2.24, 2.45) is 0 Å². The monoisotopic (exact) mass is 931 g/mol. The number of halogens is 1. The van der Waals surface area contributed by atoms with Crippen LogP contribution < -0.4 is 0 Å². The zero-order chi connectivity index (χ0) is 42.3. The quantitative estimate of drug-likeness (QED) is 0.156. The highest BCUT2D eigenvalue weighted by Gasteiger charge is 2.22. The minimum atomic E-state index is 0.678. The van der Waals surface area contributed by atoms with Crippen LogP contribution in [0.25, 0.3) is 128 Å². The number of hydrogen-bond donors (Lipinski definition) is 0. The van der Waals surface area contributed by atoms with Crippen LogP contribution in [-0.2, 0) is 0 Å². The lowest BCUT2D eigenvalue weighted by Gasteiger charge is -2.13. The highest BCUT2D eigenvalue weighted by atomic mass is 127. The van der Waals surface area contributed by atoms with Gasteiger partial charge in [0, 0.05) is 54.7 Å². The van der Waals surface area contributed by atoms with Gasteiger partial charge in [0.25, 0.3) is 0 Å². The normalized spacial score (nSPS) is 11.8. The summed E-state index contributed by atoms with van der Waals surface area (Å²) in [5, 5.41) is 6.65. The molecule has 0 spiro atoms.